The molecule has 1 aliphatic heterocycles. The largest absolute Gasteiger partial charge is 0.337 e. The van der Waals surface area contributed by atoms with Crippen LogP contribution in [-0.2, 0) is 13.1 Å². The van der Waals surface area contributed by atoms with Gasteiger partial charge in [-0.3, -0.25) is 19.3 Å². The fraction of sp³-hybridized carbons (Fsp3) is 0.136. The highest BCUT2D eigenvalue weighted by Gasteiger charge is 2.35. The van der Waals surface area contributed by atoms with E-state index in [0.29, 0.717) is 23.2 Å². The number of imide groups is 1. The second-order valence-corrected chi connectivity index (χ2v) is 9.36. The summed E-state index contributed by atoms with van der Waals surface area (Å²) in [7, 11) is 1.76. The van der Waals surface area contributed by atoms with E-state index < -0.39 is 0 Å². The molecule has 146 valence electrons. The van der Waals surface area contributed by atoms with E-state index in [2.05, 4.69) is 15.9 Å². The molecule has 0 saturated heterocycles. The zero-order valence-corrected chi connectivity index (χ0v) is 18.0. The average molecular weight is 469 g/mol. The predicted molar refractivity (Wildman–Crippen MR) is 115 cm³/mol. The standard InChI is InChI=1S/C22H17BrN2O3S/c1-24(13-16-9-10-19(23)29-16)20(26)15-6-4-5-14(11-15)12-25-21(27)17-7-2-3-8-18(17)22(25)28/h2-11H,12-13H2,1H3. The zero-order valence-electron chi connectivity index (χ0n) is 15.6. The van der Waals surface area contributed by atoms with Crippen molar-refractivity contribution in [1.29, 1.82) is 0 Å². The molecule has 0 spiro atoms. The molecular weight excluding hydrogens is 452 g/mol. The van der Waals surface area contributed by atoms with Crippen molar-refractivity contribution in [2.45, 2.75) is 13.1 Å². The molecule has 0 saturated carbocycles. The number of carbonyl (C=O) groups is 3. The molecule has 4 rings (SSSR count). The molecule has 3 aromatic rings. The lowest BCUT2D eigenvalue weighted by Crippen LogP contribution is -2.29. The lowest BCUT2D eigenvalue weighted by Gasteiger charge is -2.18. The predicted octanol–water partition coefficient (Wildman–Crippen LogP) is 4.58. The van der Waals surface area contributed by atoms with E-state index in [1.165, 1.54) is 4.90 Å². The molecule has 1 aromatic heterocycles. The van der Waals surface area contributed by atoms with Crippen LogP contribution >= 0.6 is 27.3 Å². The van der Waals surface area contributed by atoms with Gasteiger partial charge in [-0.05, 0) is 57.9 Å². The molecule has 0 unspecified atom stereocenters. The number of halogens is 1. The number of hydrogen-bond donors (Lipinski definition) is 0. The number of benzene rings is 2. The molecule has 0 N–H and O–H groups in total. The molecule has 1 aliphatic rings. The number of amides is 3. The number of thiophene rings is 1. The van der Waals surface area contributed by atoms with Crippen LogP contribution in [0.1, 0.15) is 41.5 Å². The Morgan fingerprint density at radius 2 is 1.69 bits per heavy atom. The van der Waals surface area contributed by atoms with Gasteiger partial charge in [0.05, 0.1) is 28.0 Å². The summed E-state index contributed by atoms with van der Waals surface area (Å²) in [6.45, 7) is 0.646. The number of rotatable bonds is 5. The van der Waals surface area contributed by atoms with Crippen molar-refractivity contribution in [2.24, 2.45) is 0 Å². The maximum Gasteiger partial charge on any atom is 0.261 e. The summed E-state index contributed by atoms with van der Waals surface area (Å²) in [5.74, 6) is -0.718. The van der Waals surface area contributed by atoms with E-state index in [4.69, 9.17) is 0 Å². The van der Waals surface area contributed by atoms with Crippen molar-refractivity contribution in [1.82, 2.24) is 9.80 Å². The first-order chi connectivity index (χ1) is 13.9. The molecular formula is C22H17BrN2O3S. The molecule has 0 radical (unpaired) electrons. The van der Waals surface area contributed by atoms with Gasteiger partial charge in [0.1, 0.15) is 0 Å². The molecule has 29 heavy (non-hydrogen) atoms. The maximum atomic E-state index is 12.8. The fourth-order valence-corrected chi connectivity index (χ4v) is 4.87. The average Bonchev–Trinajstić information content (AvgIpc) is 3.24. The van der Waals surface area contributed by atoms with Gasteiger partial charge in [0, 0.05) is 17.5 Å². The third-order valence-electron chi connectivity index (χ3n) is 4.76. The van der Waals surface area contributed by atoms with Crippen molar-refractivity contribution < 1.29 is 14.4 Å². The summed E-state index contributed by atoms with van der Waals surface area (Å²) in [4.78, 5) is 41.9. The van der Waals surface area contributed by atoms with E-state index in [0.717, 1.165) is 14.2 Å². The van der Waals surface area contributed by atoms with Gasteiger partial charge in [0.2, 0.25) is 0 Å². The van der Waals surface area contributed by atoms with Gasteiger partial charge in [-0.25, -0.2) is 0 Å². The van der Waals surface area contributed by atoms with Crippen molar-refractivity contribution in [2.75, 3.05) is 7.05 Å². The summed E-state index contributed by atoms with van der Waals surface area (Å²) < 4.78 is 1.02. The molecule has 0 aliphatic carbocycles. The Morgan fingerprint density at radius 3 is 2.31 bits per heavy atom. The van der Waals surface area contributed by atoms with Crippen LogP contribution in [0.2, 0.25) is 0 Å². The topological polar surface area (TPSA) is 57.7 Å². The van der Waals surface area contributed by atoms with Crippen molar-refractivity contribution >= 4 is 45.0 Å². The van der Waals surface area contributed by atoms with Gasteiger partial charge >= 0.3 is 0 Å². The Labute approximate surface area is 180 Å². The second kappa shape index (κ2) is 7.93. The minimum absolute atomic E-state index is 0.112. The lowest BCUT2D eigenvalue weighted by molar-refractivity contribution is 0.0642. The first kappa shape index (κ1) is 19.5. The van der Waals surface area contributed by atoms with Crippen LogP contribution < -0.4 is 0 Å². The molecule has 5 nitrogen and oxygen atoms in total. The molecule has 0 atom stereocenters. The molecule has 7 heteroatoms. The van der Waals surface area contributed by atoms with E-state index in [1.807, 2.05) is 18.2 Å². The minimum Gasteiger partial charge on any atom is -0.337 e. The molecule has 0 fully saturated rings. The highest BCUT2D eigenvalue weighted by Crippen LogP contribution is 2.25. The van der Waals surface area contributed by atoms with Gasteiger partial charge < -0.3 is 4.90 Å². The summed E-state index contributed by atoms with van der Waals surface area (Å²) in [5, 5.41) is 0. The lowest BCUT2D eigenvalue weighted by atomic mass is 10.1. The fourth-order valence-electron chi connectivity index (χ4n) is 3.33. The van der Waals surface area contributed by atoms with Crippen LogP contribution in [0.15, 0.2) is 64.5 Å². The van der Waals surface area contributed by atoms with Crippen LogP contribution in [0, 0.1) is 0 Å². The van der Waals surface area contributed by atoms with E-state index in [-0.39, 0.29) is 24.3 Å². The quantitative estimate of drug-likeness (QED) is 0.514. The highest BCUT2D eigenvalue weighted by atomic mass is 79.9. The molecule has 3 amide bonds. The smallest absolute Gasteiger partial charge is 0.261 e. The number of hydrogen-bond acceptors (Lipinski definition) is 4. The van der Waals surface area contributed by atoms with Gasteiger partial charge in [0.25, 0.3) is 17.7 Å². The van der Waals surface area contributed by atoms with Gasteiger partial charge in [-0.2, -0.15) is 0 Å². The van der Waals surface area contributed by atoms with Gasteiger partial charge in [0.15, 0.2) is 0 Å². The normalized spacial score (nSPS) is 13.0. The Kier molecular flexibility index (Phi) is 5.34. The molecule has 2 aromatic carbocycles. The summed E-state index contributed by atoms with van der Waals surface area (Å²) in [6, 6.07) is 17.8. The third kappa shape index (κ3) is 3.88. The number of nitrogens with zero attached hydrogens (tertiary/aromatic N) is 2. The SMILES string of the molecule is CN(Cc1ccc(Br)s1)C(=O)c1cccc(CN2C(=O)c3ccccc3C2=O)c1. The van der Waals surface area contributed by atoms with E-state index in [1.54, 1.807) is 65.7 Å². The first-order valence-electron chi connectivity index (χ1n) is 8.98. The highest BCUT2D eigenvalue weighted by molar-refractivity contribution is 9.11. The van der Waals surface area contributed by atoms with Crippen molar-refractivity contribution in [3.05, 3.63) is 91.6 Å². The summed E-state index contributed by atoms with van der Waals surface area (Å²) >= 11 is 5.02. The Bertz CT molecular complexity index is 1090. The Morgan fingerprint density at radius 1 is 1.00 bits per heavy atom. The minimum atomic E-state index is -0.303. The second-order valence-electron chi connectivity index (χ2n) is 6.81. The molecule has 0 bridgehead atoms. The van der Waals surface area contributed by atoms with Crippen LogP contribution in [0.4, 0.5) is 0 Å². The van der Waals surface area contributed by atoms with Gasteiger partial charge in [-0.15, -0.1) is 11.3 Å². The third-order valence-corrected chi connectivity index (χ3v) is 6.37. The van der Waals surface area contributed by atoms with Gasteiger partial charge in [-0.1, -0.05) is 24.3 Å². The summed E-state index contributed by atoms with van der Waals surface area (Å²) in [5.41, 5.74) is 2.10. The summed E-state index contributed by atoms with van der Waals surface area (Å²) in [6.07, 6.45) is 0. The Balaban J connectivity index is 1.50. The van der Waals surface area contributed by atoms with Crippen LogP contribution in [-0.4, -0.2) is 34.6 Å². The first-order valence-corrected chi connectivity index (χ1v) is 10.6. The van der Waals surface area contributed by atoms with E-state index in [9.17, 15) is 14.4 Å². The monoisotopic (exact) mass is 468 g/mol. The zero-order chi connectivity index (χ0) is 20.5. The van der Waals surface area contributed by atoms with Crippen LogP contribution in [0.5, 0.6) is 0 Å². The number of fused-ring (bicyclic) bond motifs is 1. The number of carbonyl (C=O) groups excluding carboxylic acids is 3. The Hall–Kier alpha value is -2.77. The maximum absolute atomic E-state index is 12.8. The van der Waals surface area contributed by atoms with Crippen LogP contribution in [0.25, 0.3) is 0 Å². The van der Waals surface area contributed by atoms with Crippen molar-refractivity contribution in [3.63, 3.8) is 0 Å². The van der Waals surface area contributed by atoms with Crippen LogP contribution in [0.3, 0.4) is 0 Å². The van der Waals surface area contributed by atoms with E-state index >= 15 is 0 Å². The molecule has 2 heterocycles. The van der Waals surface area contributed by atoms with Crippen molar-refractivity contribution in [3.8, 4) is 0 Å².